The van der Waals surface area contributed by atoms with Gasteiger partial charge in [-0.1, -0.05) is 6.07 Å². The molecule has 0 saturated carbocycles. The molecule has 7 heteroatoms. The number of carbonyl (C=O) groups excluding carboxylic acids is 2. The van der Waals surface area contributed by atoms with Crippen LogP contribution in [-0.2, 0) is 11.8 Å². The lowest BCUT2D eigenvalue weighted by Crippen LogP contribution is -2.47. The molecule has 1 atom stereocenters. The van der Waals surface area contributed by atoms with Crippen LogP contribution in [0.2, 0.25) is 0 Å². The van der Waals surface area contributed by atoms with E-state index in [-0.39, 0.29) is 17.9 Å². The van der Waals surface area contributed by atoms with Crippen molar-refractivity contribution in [3.05, 3.63) is 53.7 Å². The van der Waals surface area contributed by atoms with Gasteiger partial charge in [0.15, 0.2) is 0 Å². The number of carbonyl (C=O) groups is 2. The van der Waals surface area contributed by atoms with Gasteiger partial charge in [0.05, 0.1) is 0 Å². The largest absolute Gasteiger partial charge is 0.354 e. The van der Waals surface area contributed by atoms with E-state index < -0.39 is 0 Å². The fraction of sp³-hybridized carbons (Fsp3) is 0.348. The van der Waals surface area contributed by atoms with Crippen molar-refractivity contribution in [1.82, 2.24) is 14.9 Å². The lowest BCUT2D eigenvalue weighted by Gasteiger charge is -2.34. The molecule has 1 aromatic carbocycles. The summed E-state index contributed by atoms with van der Waals surface area (Å²) in [7, 11) is 1.98. The third-order valence-corrected chi connectivity index (χ3v) is 5.59. The van der Waals surface area contributed by atoms with Crippen molar-refractivity contribution in [2.75, 3.05) is 23.3 Å². The zero-order chi connectivity index (χ0) is 21.3. The Labute approximate surface area is 176 Å². The molecule has 2 amide bonds. The van der Waals surface area contributed by atoms with Gasteiger partial charge in [0, 0.05) is 55.8 Å². The molecule has 2 N–H and O–H groups in total. The highest BCUT2D eigenvalue weighted by atomic mass is 16.2. The number of anilines is 2. The third kappa shape index (κ3) is 4.15. The van der Waals surface area contributed by atoms with Gasteiger partial charge < -0.3 is 20.1 Å². The lowest BCUT2D eigenvalue weighted by molar-refractivity contribution is -0.119. The second kappa shape index (κ2) is 8.18. The van der Waals surface area contributed by atoms with Gasteiger partial charge in [-0.2, -0.15) is 0 Å². The van der Waals surface area contributed by atoms with Gasteiger partial charge in [-0.3, -0.25) is 9.59 Å². The molecule has 1 fully saturated rings. The summed E-state index contributed by atoms with van der Waals surface area (Å²) >= 11 is 0. The molecule has 30 heavy (non-hydrogen) atoms. The molecular weight excluding hydrogens is 378 g/mol. The summed E-state index contributed by atoms with van der Waals surface area (Å²) in [4.78, 5) is 31.1. The van der Waals surface area contributed by atoms with Crippen molar-refractivity contribution in [3.8, 4) is 0 Å². The second-order valence-electron chi connectivity index (χ2n) is 7.98. The fourth-order valence-electron chi connectivity index (χ4n) is 4.09. The normalized spacial score (nSPS) is 16.5. The van der Waals surface area contributed by atoms with Crippen LogP contribution in [0.5, 0.6) is 0 Å². The van der Waals surface area contributed by atoms with E-state index in [4.69, 9.17) is 4.98 Å². The number of aromatic nitrogens is 2. The molecule has 1 saturated heterocycles. The first-order valence-electron chi connectivity index (χ1n) is 10.3. The number of nitrogens with zero attached hydrogens (tertiary/aromatic N) is 3. The van der Waals surface area contributed by atoms with Crippen LogP contribution < -0.4 is 15.5 Å². The van der Waals surface area contributed by atoms with Crippen molar-refractivity contribution in [3.63, 3.8) is 0 Å². The summed E-state index contributed by atoms with van der Waals surface area (Å²) in [6.07, 6.45) is 3.93. The monoisotopic (exact) mass is 405 g/mol. The number of pyridine rings is 1. The number of hydrogen-bond donors (Lipinski definition) is 2. The first kappa shape index (κ1) is 19.9. The summed E-state index contributed by atoms with van der Waals surface area (Å²) in [5.74, 6) is 1.18. The lowest BCUT2D eigenvalue weighted by atomic mass is 10.0. The molecular formula is C23H27N5O2. The van der Waals surface area contributed by atoms with Crippen molar-refractivity contribution < 1.29 is 9.59 Å². The van der Waals surface area contributed by atoms with Gasteiger partial charge in [-0.05, 0) is 55.7 Å². The minimum atomic E-state index is -0.183. The average molecular weight is 406 g/mol. The first-order chi connectivity index (χ1) is 14.4. The van der Waals surface area contributed by atoms with E-state index in [2.05, 4.69) is 15.5 Å². The second-order valence-corrected chi connectivity index (χ2v) is 7.98. The fourth-order valence-corrected chi connectivity index (χ4v) is 4.09. The predicted octanol–water partition coefficient (Wildman–Crippen LogP) is 3.24. The Morgan fingerprint density at radius 1 is 1.17 bits per heavy atom. The van der Waals surface area contributed by atoms with Gasteiger partial charge in [0.1, 0.15) is 11.6 Å². The SMILES string of the molecule is CC(=O)NC1CCCN(c2nc(NC(=O)c3ccc4c(ccn4C)c3)ccc2C)C1. The summed E-state index contributed by atoms with van der Waals surface area (Å²) < 4.78 is 2.03. The number of rotatable bonds is 4. The molecule has 3 aromatic rings. The number of nitrogens with one attached hydrogen (secondary N) is 2. The molecule has 0 spiro atoms. The van der Waals surface area contributed by atoms with Gasteiger partial charge in [-0.25, -0.2) is 4.98 Å². The molecule has 0 bridgehead atoms. The quantitative estimate of drug-likeness (QED) is 0.698. The van der Waals surface area contributed by atoms with Crippen LogP contribution in [0.4, 0.5) is 11.6 Å². The van der Waals surface area contributed by atoms with Gasteiger partial charge in [0.25, 0.3) is 5.91 Å². The van der Waals surface area contributed by atoms with Crippen LogP contribution in [0.25, 0.3) is 10.9 Å². The maximum atomic E-state index is 12.8. The number of hydrogen-bond acceptors (Lipinski definition) is 4. The number of benzene rings is 1. The van der Waals surface area contributed by atoms with E-state index in [9.17, 15) is 9.59 Å². The van der Waals surface area contributed by atoms with Crippen LogP contribution in [0, 0.1) is 6.92 Å². The zero-order valence-corrected chi connectivity index (χ0v) is 17.6. The summed E-state index contributed by atoms with van der Waals surface area (Å²) in [6.45, 7) is 5.16. The Hall–Kier alpha value is -3.35. The number of amides is 2. The minimum absolute atomic E-state index is 0.0112. The maximum Gasteiger partial charge on any atom is 0.256 e. The van der Waals surface area contributed by atoms with E-state index >= 15 is 0 Å². The zero-order valence-electron chi connectivity index (χ0n) is 17.6. The van der Waals surface area contributed by atoms with Crippen molar-refractivity contribution in [1.29, 1.82) is 0 Å². The molecule has 2 aromatic heterocycles. The molecule has 0 radical (unpaired) electrons. The van der Waals surface area contributed by atoms with Crippen LogP contribution in [0.3, 0.4) is 0 Å². The molecule has 0 aliphatic carbocycles. The number of piperidine rings is 1. The van der Waals surface area contributed by atoms with E-state index in [0.29, 0.717) is 11.4 Å². The highest BCUT2D eigenvalue weighted by Crippen LogP contribution is 2.24. The third-order valence-electron chi connectivity index (χ3n) is 5.59. The summed E-state index contributed by atoms with van der Waals surface area (Å²) in [5, 5.41) is 6.96. The molecule has 1 aliphatic heterocycles. The Morgan fingerprint density at radius 3 is 2.80 bits per heavy atom. The predicted molar refractivity (Wildman–Crippen MR) is 119 cm³/mol. The van der Waals surface area contributed by atoms with E-state index in [1.807, 2.05) is 61.1 Å². The highest BCUT2D eigenvalue weighted by Gasteiger charge is 2.23. The highest BCUT2D eigenvalue weighted by molar-refractivity contribution is 6.06. The van der Waals surface area contributed by atoms with E-state index in [1.54, 1.807) is 6.92 Å². The van der Waals surface area contributed by atoms with Gasteiger partial charge in [0.2, 0.25) is 5.91 Å². The Kier molecular flexibility index (Phi) is 5.44. The molecule has 156 valence electrons. The van der Waals surface area contributed by atoms with E-state index in [1.165, 1.54) is 0 Å². The topological polar surface area (TPSA) is 79.3 Å². The standard InChI is InChI=1S/C23H27N5O2/c1-15-6-9-21(25-22(15)28-11-4-5-19(14-28)24-16(2)29)26-23(30)18-7-8-20-17(13-18)10-12-27(20)3/h6-10,12-13,19H,4-5,11,14H2,1-3H3,(H,24,29)(H,25,26,30). The van der Waals surface area contributed by atoms with Crippen LogP contribution in [-0.4, -0.2) is 40.5 Å². The minimum Gasteiger partial charge on any atom is -0.354 e. The van der Waals surface area contributed by atoms with Crippen molar-refractivity contribution in [2.24, 2.45) is 7.05 Å². The van der Waals surface area contributed by atoms with Gasteiger partial charge in [-0.15, -0.1) is 0 Å². The van der Waals surface area contributed by atoms with Crippen LogP contribution in [0.1, 0.15) is 35.7 Å². The molecule has 3 heterocycles. The van der Waals surface area contributed by atoms with Crippen molar-refractivity contribution in [2.45, 2.75) is 32.7 Å². The smallest absolute Gasteiger partial charge is 0.256 e. The Bertz CT molecular complexity index is 1100. The van der Waals surface area contributed by atoms with Crippen LogP contribution in [0.15, 0.2) is 42.6 Å². The Morgan fingerprint density at radius 2 is 2.00 bits per heavy atom. The first-order valence-corrected chi connectivity index (χ1v) is 10.3. The maximum absolute atomic E-state index is 12.8. The summed E-state index contributed by atoms with van der Waals surface area (Å²) in [5.41, 5.74) is 2.73. The molecule has 4 rings (SSSR count). The van der Waals surface area contributed by atoms with Crippen molar-refractivity contribution >= 4 is 34.4 Å². The molecule has 1 unspecified atom stereocenters. The van der Waals surface area contributed by atoms with Crippen LogP contribution >= 0.6 is 0 Å². The number of aryl methyl sites for hydroxylation is 2. The average Bonchev–Trinajstić information content (AvgIpc) is 3.09. The Balaban J connectivity index is 1.52. The molecule has 7 nitrogen and oxygen atoms in total. The molecule has 1 aliphatic rings. The summed E-state index contributed by atoms with van der Waals surface area (Å²) in [6, 6.07) is 11.6. The number of fused-ring (bicyclic) bond motifs is 1. The van der Waals surface area contributed by atoms with E-state index in [0.717, 1.165) is 48.2 Å². The van der Waals surface area contributed by atoms with Gasteiger partial charge >= 0.3 is 0 Å².